The van der Waals surface area contributed by atoms with Crippen molar-refractivity contribution in [3.63, 3.8) is 0 Å². The van der Waals surface area contributed by atoms with Gasteiger partial charge >= 0.3 is 0 Å². The first-order chi connectivity index (χ1) is 7.31. The van der Waals surface area contributed by atoms with E-state index in [9.17, 15) is 8.78 Å². The molecule has 1 aromatic carbocycles. The molecule has 0 spiro atoms. The Kier molecular flexibility index (Phi) is 3.68. The van der Waals surface area contributed by atoms with Crippen LogP contribution in [0.5, 0.6) is 0 Å². The van der Waals surface area contributed by atoms with Crippen molar-refractivity contribution in [1.82, 2.24) is 0 Å². The summed E-state index contributed by atoms with van der Waals surface area (Å²) in [5.41, 5.74) is 2.90. The van der Waals surface area contributed by atoms with Crippen molar-refractivity contribution in [1.29, 1.82) is 0 Å². The van der Waals surface area contributed by atoms with E-state index in [1.54, 1.807) is 0 Å². The minimum absolute atomic E-state index is 0.303. The summed E-state index contributed by atoms with van der Waals surface area (Å²) in [6, 6.07) is 3.23. The van der Waals surface area contributed by atoms with Crippen LogP contribution in [0.25, 0.3) is 5.76 Å². The zero-order chi connectivity index (χ0) is 12.3. The molecule has 0 aliphatic rings. The molecule has 1 aromatic rings. The molecule has 16 heavy (non-hydrogen) atoms. The van der Waals surface area contributed by atoms with Crippen LogP contribution in [0.4, 0.5) is 8.78 Å². The summed E-state index contributed by atoms with van der Waals surface area (Å²) in [6.45, 7) is 9.39. The van der Waals surface area contributed by atoms with Gasteiger partial charge in [-0.3, -0.25) is 0 Å². The molecular weight excluding hydrogens is 226 g/mol. The van der Waals surface area contributed by atoms with Crippen LogP contribution in [-0.4, -0.2) is 8.32 Å². The Balaban J connectivity index is 3.11. The standard InChI is InChI=1S/C12H14F2OSi/c1-5-12(15-16(2,3)4)9-6-10(13)8-11(14)7-9/h6-8H,1H2,2-4H3. The smallest absolute Gasteiger partial charge is 0.243 e. The van der Waals surface area contributed by atoms with Crippen LogP contribution in [0.3, 0.4) is 0 Å². The van der Waals surface area contributed by atoms with Crippen LogP contribution in [0.15, 0.2) is 30.5 Å². The van der Waals surface area contributed by atoms with E-state index in [0.717, 1.165) is 6.07 Å². The molecule has 1 rings (SSSR count). The summed E-state index contributed by atoms with van der Waals surface area (Å²) in [7, 11) is -1.84. The maximum absolute atomic E-state index is 13.0. The Hall–Kier alpha value is -1.38. The van der Waals surface area contributed by atoms with Crippen LogP contribution in [0.2, 0.25) is 19.6 Å². The molecule has 0 amide bonds. The molecule has 1 nitrogen and oxygen atoms in total. The average Bonchev–Trinajstić information content (AvgIpc) is 2.11. The number of rotatable bonds is 3. The lowest BCUT2D eigenvalue weighted by Gasteiger charge is -2.20. The fourth-order valence-electron chi connectivity index (χ4n) is 1.19. The maximum atomic E-state index is 13.0. The minimum atomic E-state index is -1.84. The molecule has 0 radical (unpaired) electrons. The lowest BCUT2D eigenvalue weighted by atomic mass is 10.2. The molecule has 0 bridgehead atoms. The first-order valence-corrected chi connectivity index (χ1v) is 8.28. The van der Waals surface area contributed by atoms with E-state index in [4.69, 9.17) is 4.43 Å². The fraction of sp³-hybridized carbons (Fsp3) is 0.250. The van der Waals surface area contributed by atoms with Crippen molar-refractivity contribution in [2.45, 2.75) is 19.6 Å². The molecule has 86 valence electrons. The summed E-state index contributed by atoms with van der Waals surface area (Å²) >= 11 is 0. The van der Waals surface area contributed by atoms with Crippen LogP contribution >= 0.6 is 0 Å². The van der Waals surface area contributed by atoms with Crippen molar-refractivity contribution in [3.05, 3.63) is 47.7 Å². The van der Waals surface area contributed by atoms with Gasteiger partial charge in [0.05, 0.1) is 0 Å². The molecule has 0 saturated heterocycles. The zero-order valence-corrected chi connectivity index (χ0v) is 10.6. The molecule has 4 heteroatoms. The Morgan fingerprint density at radius 3 is 2.06 bits per heavy atom. The number of hydrogen-bond acceptors (Lipinski definition) is 1. The molecule has 0 heterocycles. The summed E-state index contributed by atoms with van der Waals surface area (Å²) in [5.74, 6) is -0.971. The van der Waals surface area contributed by atoms with Crippen LogP contribution in [0, 0.1) is 11.6 Å². The van der Waals surface area contributed by atoms with Gasteiger partial charge in [0.2, 0.25) is 8.32 Å². The van der Waals surface area contributed by atoms with Gasteiger partial charge in [0.15, 0.2) is 5.76 Å². The summed E-state index contributed by atoms with van der Waals surface area (Å²) in [4.78, 5) is 0. The third-order valence-electron chi connectivity index (χ3n) is 1.69. The second-order valence-electron chi connectivity index (χ2n) is 4.38. The zero-order valence-electron chi connectivity index (χ0n) is 9.60. The molecule has 0 fully saturated rings. The third kappa shape index (κ3) is 3.64. The van der Waals surface area contributed by atoms with Gasteiger partial charge in [-0.25, -0.2) is 8.78 Å². The van der Waals surface area contributed by atoms with Gasteiger partial charge in [-0.1, -0.05) is 12.3 Å². The topological polar surface area (TPSA) is 9.23 Å². The second kappa shape index (κ2) is 4.64. The molecule has 0 aliphatic carbocycles. The number of hydrogen-bond donors (Lipinski definition) is 0. The van der Waals surface area contributed by atoms with Gasteiger partial charge in [0, 0.05) is 11.6 Å². The van der Waals surface area contributed by atoms with E-state index >= 15 is 0 Å². The van der Waals surface area contributed by atoms with Crippen molar-refractivity contribution in [3.8, 4) is 0 Å². The van der Waals surface area contributed by atoms with Crippen LogP contribution in [0.1, 0.15) is 5.56 Å². The van der Waals surface area contributed by atoms with E-state index in [2.05, 4.69) is 12.3 Å². The summed E-state index contributed by atoms with van der Waals surface area (Å²) in [5, 5.41) is 0. The molecule has 0 aliphatic heterocycles. The predicted molar refractivity (Wildman–Crippen MR) is 63.3 cm³/mol. The van der Waals surface area contributed by atoms with Gasteiger partial charge in [-0.15, -0.1) is 0 Å². The van der Waals surface area contributed by atoms with Gasteiger partial charge in [0.25, 0.3) is 0 Å². The maximum Gasteiger partial charge on any atom is 0.243 e. The van der Waals surface area contributed by atoms with Crippen molar-refractivity contribution in [2.24, 2.45) is 0 Å². The van der Waals surface area contributed by atoms with Crippen LogP contribution in [-0.2, 0) is 4.43 Å². The first-order valence-electron chi connectivity index (χ1n) is 4.87. The van der Waals surface area contributed by atoms with E-state index in [0.29, 0.717) is 11.3 Å². The Labute approximate surface area is 95.2 Å². The highest BCUT2D eigenvalue weighted by Crippen LogP contribution is 2.21. The third-order valence-corrected chi connectivity index (χ3v) is 2.51. The SMILES string of the molecule is C=C=C(O[Si](C)(C)C)c1cc(F)cc(F)c1. The molecular formula is C12H14F2OSi. The molecule has 0 saturated carbocycles. The Morgan fingerprint density at radius 2 is 1.69 bits per heavy atom. The average molecular weight is 240 g/mol. The largest absolute Gasteiger partial charge is 0.539 e. The highest BCUT2D eigenvalue weighted by atomic mass is 28.4. The van der Waals surface area contributed by atoms with Gasteiger partial charge in [0.1, 0.15) is 11.6 Å². The number of halogens is 2. The van der Waals surface area contributed by atoms with Crippen molar-refractivity contribution in [2.75, 3.05) is 0 Å². The summed E-state index contributed by atoms with van der Waals surface area (Å²) in [6.07, 6.45) is 0. The van der Waals surface area contributed by atoms with E-state index in [1.807, 2.05) is 19.6 Å². The van der Waals surface area contributed by atoms with Gasteiger partial charge in [-0.05, 0) is 31.8 Å². The Morgan fingerprint density at radius 1 is 1.19 bits per heavy atom. The monoisotopic (exact) mass is 240 g/mol. The predicted octanol–water partition coefficient (Wildman–Crippen LogP) is 3.94. The normalized spacial score (nSPS) is 10.8. The molecule has 0 atom stereocenters. The highest BCUT2D eigenvalue weighted by Gasteiger charge is 2.19. The first kappa shape index (κ1) is 12.7. The minimum Gasteiger partial charge on any atom is -0.539 e. The summed E-state index contributed by atoms with van der Waals surface area (Å²) < 4.78 is 31.7. The quantitative estimate of drug-likeness (QED) is 0.442. The van der Waals surface area contributed by atoms with Gasteiger partial charge in [-0.2, -0.15) is 0 Å². The molecule has 0 N–H and O–H groups in total. The number of benzene rings is 1. The van der Waals surface area contributed by atoms with E-state index in [1.165, 1.54) is 12.1 Å². The fourth-order valence-corrected chi connectivity index (χ4v) is 1.99. The molecule has 0 aromatic heterocycles. The second-order valence-corrected chi connectivity index (χ2v) is 8.81. The van der Waals surface area contributed by atoms with E-state index < -0.39 is 20.0 Å². The van der Waals surface area contributed by atoms with Gasteiger partial charge < -0.3 is 4.43 Å². The van der Waals surface area contributed by atoms with Crippen LogP contribution < -0.4 is 0 Å². The van der Waals surface area contributed by atoms with E-state index in [-0.39, 0.29) is 0 Å². The van der Waals surface area contributed by atoms with Crippen molar-refractivity contribution >= 4 is 14.1 Å². The Bertz CT molecular complexity index is 423. The van der Waals surface area contributed by atoms with Crippen molar-refractivity contribution < 1.29 is 13.2 Å². The highest BCUT2D eigenvalue weighted by molar-refractivity contribution is 6.70. The molecule has 0 unspecified atom stereocenters. The lowest BCUT2D eigenvalue weighted by molar-refractivity contribution is 0.511. The lowest BCUT2D eigenvalue weighted by Crippen LogP contribution is -2.24.